The fourth-order valence-corrected chi connectivity index (χ4v) is 3.04. The number of nitrogens with one attached hydrogen (secondary N) is 2. The van der Waals surface area contributed by atoms with Crippen molar-refractivity contribution in [2.24, 2.45) is 0 Å². The van der Waals surface area contributed by atoms with Crippen LogP contribution in [-0.4, -0.2) is 32.6 Å². The van der Waals surface area contributed by atoms with Crippen molar-refractivity contribution in [3.05, 3.63) is 54.2 Å². The Morgan fingerprint density at radius 3 is 2.84 bits per heavy atom. The smallest absolute Gasteiger partial charge is 0.259 e. The molecule has 4 rings (SSSR count). The van der Waals surface area contributed by atoms with Crippen LogP contribution in [0.15, 0.2) is 48.7 Å². The Kier molecular flexibility index (Phi) is 3.87. The van der Waals surface area contributed by atoms with Crippen LogP contribution in [0.25, 0.3) is 22.3 Å². The third kappa shape index (κ3) is 2.94. The molecule has 2 heterocycles. The first-order chi connectivity index (χ1) is 12.2. The Hall–Kier alpha value is -3.26. The highest BCUT2D eigenvalue weighted by Crippen LogP contribution is 2.24. The minimum absolute atomic E-state index is 0.257. The average Bonchev–Trinajstić information content (AvgIpc) is 3.30. The molecule has 0 unspecified atom stereocenters. The van der Waals surface area contributed by atoms with E-state index in [-0.39, 0.29) is 5.91 Å². The van der Waals surface area contributed by atoms with Crippen molar-refractivity contribution in [1.29, 1.82) is 0 Å². The molecule has 2 aromatic heterocycles. The highest BCUT2D eigenvalue weighted by Gasteiger charge is 2.14. The first kappa shape index (κ1) is 15.3. The van der Waals surface area contributed by atoms with Crippen molar-refractivity contribution >= 4 is 33.5 Å². The van der Waals surface area contributed by atoms with Crippen molar-refractivity contribution < 1.29 is 9.53 Å². The summed E-state index contributed by atoms with van der Waals surface area (Å²) in [5.41, 5.74) is 2.06. The number of amides is 1. The highest BCUT2D eigenvalue weighted by molar-refractivity contribution is 7.10. The third-order valence-electron chi connectivity index (χ3n) is 3.72. The van der Waals surface area contributed by atoms with E-state index in [9.17, 15) is 4.79 Å². The molecule has 0 radical (unpaired) electrons. The number of carbonyl (C=O) groups excluding carboxylic acids is 1. The third-order valence-corrected chi connectivity index (χ3v) is 4.35. The van der Waals surface area contributed by atoms with Crippen LogP contribution in [0.1, 0.15) is 10.4 Å². The summed E-state index contributed by atoms with van der Waals surface area (Å²) in [6, 6.07) is 12.9. The predicted molar refractivity (Wildman–Crippen MR) is 95.9 cm³/mol. The van der Waals surface area contributed by atoms with Gasteiger partial charge in [0, 0.05) is 22.5 Å². The number of H-pyrrole nitrogens is 1. The molecular formula is C17H13N5O2S. The molecule has 1 amide bonds. The molecule has 2 N–H and O–H groups in total. The number of methoxy groups -OCH3 is 1. The molecule has 0 aliphatic heterocycles. The highest BCUT2D eigenvalue weighted by atomic mass is 32.1. The molecule has 25 heavy (non-hydrogen) atoms. The van der Waals surface area contributed by atoms with Crippen LogP contribution in [0.5, 0.6) is 5.75 Å². The molecule has 0 spiro atoms. The zero-order chi connectivity index (χ0) is 17.2. The van der Waals surface area contributed by atoms with Crippen molar-refractivity contribution in [3.8, 4) is 17.1 Å². The fourth-order valence-electron chi connectivity index (χ4n) is 2.45. The summed E-state index contributed by atoms with van der Waals surface area (Å²) in [7, 11) is 1.62. The standard InChI is InChI=1S/C17H13N5O2S/c1-24-12-7-5-10(6-8-12)15-19-17(25-22-15)20-16(23)13-4-2-3-11-9-18-21-14(11)13/h2-9H,1H3,(H,18,21)(H,19,20,22,23). The summed E-state index contributed by atoms with van der Waals surface area (Å²) in [6.45, 7) is 0. The Bertz CT molecular complexity index is 1040. The number of para-hydroxylation sites is 1. The summed E-state index contributed by atoms with van der Waals surface area (Å²) in [6.07, 6.45) is 1.68. The van der Waals surface area contributed by atoms with Crippen LogP contribution >= 0.6 is 11.5 Å². The normalized spacial score (nSPS) is 10.8. The van der Waals surface area contributed by atoms with Gasteiger partial charge in [0.2, 0.25) is 5.13 Å². The molecule has 7 nitrogen and oxygen atoms in total. The lowest BCUT2D eigenvalue weighted by atomic mass is 10.1. The number of aromatic nitrogens is 4. The largest absolute Gasteiger partial charge is 0.497 e. The van der Waals surface area contributed by atoms with Crippen molar-refractivity contribution in [3.63, 3.8) is 0 Å². The van der Waals surface area contributed by atoms with Crippen LogP contribution in [0.4, 0.5) is 5.13 Å². The number of ether oxygens (including phenoxy) is 1. The maximum Gasteiger partial charge on any atom is 0.259 e. The quantitative estimate of drug-likeness (QED) is 0.588. The summed E-state index contributed by atoms with van der Waals surface area (Å²) in [5, 5.41) is 10.9. The van der Waals surface area contributed by atoms with Gasteiger partial charge in [0.25, 0.3) is 5.91 Å². The van der Waals surface area contributed by atoms with Gasteiger partial charge in [0.15, 0.2) is 5.82 Å². The topological polar surface area (TPSA) is 92.8 Å². The number of anilines is 1. The number of fused-ring (bicyclic) bond motifs is 1. The van der Waals surface area contributed by atoms with E-state index in [0.29, 0.717) is 22.0 Å². The van der Waals surface area contributed by atoms with Crippen molar-refractivity contribution in [2.45, 2.75) is 0 Å². The minimum Gasteiger partial charge on any atom is -0.497 e. The zero-order valence-electron chi connectivity index (χ0n) is 13.2. The van der Waals surface area contributed by atoms with Gasteiger partial charge in [0.1, 0.15) is 5.75 Å². The molecule has 0 saturated carbocycles. The molecular weight excluding hydrogens is 338 g/mol. The van der Waals surface area contributed by atoms with Gasteiger partial charge in [-0.25, -0.2) is 0 Å². The SMILES string of the molecule is COc1ccc(-c2nsc(NC(=O)c3cccc4cn[nH]c34)n2)cc1. The molecule has 0 fully saturated rings. The van der Waals surface area contributed by atoms with Crippen LogP contribution < -0.4 is 10.1 Å². The summed E-state index contributed by atoms with van der Waals surface area (Å²) >= 11 is 1.13. The summed E-state index contributed by atoms with van der Waals surface area (Å²) in [5.74, 6) is 1.06. The minimum atomic E-state index is -0.257. The van der Waals surface area contributed by atoms with Gasteiger partial charge < -0.3 is 4.74 Å². The first-order valence-corrected chi connectivity index (χ1v) is 8.23. The zero-order valence-corrected chi connectivity index (χ0v) is 14.0. The van der Waals surface area contributed by atoms with E-state index in [2.05, 4.69) is 24.9 Å². The second-order valence-corrected chi connectivity index (χ2v) is 6.00. The lowest BCUT2D eigenvalue weighted by molar-refractivity contribution is 0.102. The number of benzene rings is 2. The number of aromatic amines is 1. The molecule has 4 aromatic rings. The Morgan fingerprint density at radius 2 is 2.04 bits per heavy atom. The molecule has 0 atom stereocenters. The average molecular weight is 351 g/mol. The predicted octanol–water partition coefficient (Wildman–Crippen LogP) is 3.34. The second kappa shape index (κ2) is 6.33. The van der Waals surface area contributed by atoms with Gasteiger partial charge in [-0.1, -0.05) is 12.1 Å². The maximum atomic E-state index is 12.5. The van der Waals surface area contributed by atoms with Crippen LogP contribution in [-0.2, 0) is 0 Å². The molecule has 0 saturated heterocycles. The number of hydrogen-bond acceptors (Lipinski definition) is 6. The lowest BCUT2D eigenvalue weighted by Gasteiger charge is -2.02. The number of carbonyl (C=O) groups is 1. The summed E-state index contributed by atoms with van der Waals surface area (Å²) < 4.78 is 9.43. The maximum absolute atomic E-state index is 12.5. The fraction of sp³-hybridized carbons (Fsp3) is 0.0588. The van der Waals surface area contributed by atoms with Gasteiger partial charge in [-0.3, -0.25) is 15.2 Å². The van der Waals surface area contributed by atoms with E-state index in [1.807, 2.05) is 36.4 Å². The van der Waals surface area contributed by atoms with E-state index in [1.165, 1.54) is 0 Å². The number of nitrogens with zero attached hydrogens (tertiary/aromatic N) is 3. The van der Waals surface area contributed by atoms with Crippen molar-refractivity contribution in [1.82, 2.24) is 19.6 Å². The van der Waals surface area contributed by atoms with Crippen LogP contribution in [0.3, 0.4) is 0 Å². The molecule has 8 heteroatoms. The molecule has 2 aromatic carbocycles. The monoisotopic (exact) mass is 351 g/mol. The Morgan fingerprint density at radius 1 is 1.20 bits per heavy atom. The lowest BCUT2D eigenvalue weighted by Crippen LogP contribution is -2.12. The summed E-state index contributed by atoms with van der Waals surface area (Å²) in [4.78, 5) is 16.9. The molecule has 0 aliphatic rings. The van der Waals surface area contributed by atoms with E-state index in [0.717, 1.165) is 28.2 Å². The Labute approximate surface area is 146 Å². The van der Waals surface area contributed by atoms with Crippen LogP contribution in [0.2, 0.25) is 0 Å². The van der Waals surface area contributed by atoms with E-state index in [1.54, 1.807) is 19.4 Å². The van der Waals surface area contributed by atoms with Crippen LogP contribution in [0, 0.1) is 0 Å². The molecule has 124 valence electrons. The molecule has 0 aliphatic carbocycles. The first-order valence-electron chi connectivity index (χ1n) is 7.46. The van der Waals surface area contributed by atoms with Gasteiger partial charge >= 0.3 is 0 Å². The molecule has 0 bridgehead atoms. The van der Waals surface area contributed by atoms with Gasteiger partial charge in [-0.05, 0) is 30.3 Å². The number of hydrogen-bond donors (Lipinski definition) is 2. The van der Waals surface area contributed by atoms with Gasteiger partial charge in [-0.15, -0.1) is 0 Å². The van der Waals surface area contributed by atoms with E-state index < -0.39 is 0 Å². The number of rotatable bonds is 4. The second-order valence-electron chi connectivity index (χ2n) is 5.25. The van der Waals surface area contributed by atoms with Gasteiger partial charge in [0.05, 0.1) is 24.4 Å². The van der Waals surface area contributed by atoms with Crippen molar-refractivity contribution in [2.75, 3.05) is 12.4 Å². The van der Waals surface area contributed by atoms with E-state index in [4.69, 9.17) is 4.74 Å². The van der Waals surface area contributed by atoms with E-state index >= 15 is 0 Å². The van der Waals surface area contributed by atoms with Gasteiger partial charge in [-0.2, -0.15) is 14.5 Å². The Balaban J connectivity index is 1.56.